The molecular formula is C13H24N2OS. The molecule has 1 rings (SSSR count). The number of amides is 1. The quantitative estimate of drug-likeness (QED) is 0.769. The average Bonchev–Trinajstić information content (AvgIpc) is 2.34. The molecular weight excluding hydrogens is 232 g/mol. The van der Waals surface area contributed by atoms with Gasteiger partial charge in [0.1, 0.15) is 0 Å². The van der Waals surface area contributed by atoms with Crippen LogP contribution in [0.1, 0.15) is 52.4 Å². The van der Waals surface area contributed by atoms with E-state index in [-0.39, 0.29) is 17.9 Å². The van der Waals surface area contributed by atoms with Crippen molar-refractivity contribution in [1.82, 2.24) is 4.90 Å². The topological polar surface area (TPSA) is 46.3 Å². The van der Waals surface area contributed by atoms with Gasteiger partial charge in [-0.15, -0.1) is 0 Å². The minimum Gasteiger partial charge on any atom is -0.392 e. The van der Waals surface area contributed by atoms with Gasteiger partial charge in [-0.05, 0) is 25.7 Å². The lowest BCUT2D eigenvalue weighted by Crippen LogP contribution is -2.51. The summed E-state index contributed by atoms with van der Waals surface area (Å²) >= 11 is 5.07. The molecule has 0 radical (unpaired) electrons. The van der Waals surface area contributed by atoms with Crippen LogP contribution in [0.25, 0.3) is 0 Å². The first kappa shape index (κ1) is 14.4. The zero-order chi connectivity index (χ0) is 12.8. The molecule has 2 N–H and O–H groups in total. The second-order valence-corrected chi connectivity index (χ2v) is 5.46. The first-order valence-electron chi connectivity index (χ1n) is 6.67. The van der Waals surface area contributed by atoms with Gasteiger partial charge in [0.15, 0.2) is 0 Å². The van der Waals surface area contributed by atoms with Gasteiger partial charge in [0, 0.05) is 12.5 Å². The molecule has 1 amide bonds. The number of unbranched alkanes of at least 4 members (excludes halogenated alkanes) is 1. The summed E-state index contributed by atoms with van der Waals surface area (Å²) in [5.41, 5.74) is 5.73. The molecule has 4 heteroatoms. The molecule has 1 aliphatic heterocycles. The van der Waals surface area contributed by atoms with E-state index in [9.17, 15) is 4.79 Å². The van der Waals surface area contributed by atoms with E-state index < -0.39 is 0 Å². The minimum atomic E-state index is -0.00433. The number of carbonyl (C=O) groups is 1. The fourth-order valence-corrected chi connectivity index (χ4v) is 2.65. The van der Waals surface area contributed by atoms with Crippen LogP contribution < -0.4 is 5.73 Å². The molecule has 0 saturated carbocycles. The number of carbonyl (C=O) groups excluding carboxylic acids is 1. The van der Waals surface area contributed by atoms with Crippen LogP contribution in [-0.4, -0.2) is 28.4 Å². The first-order valence-corrected chi connectivity index (χ1v) is 7.08. The summed E-state index contributed by atoms with van der Waals surface area (Å²) in [5.74, 6) is 0.334. The molecule has 0 aliphatic carbocycles. The van der Waals surface area contributed by atoms with Crippen molar-refractivity contribution < 1.29 is 4.79 Å². The Balaban J connectivity index is 2.61. The van der Waals surface area contributed by atoms with Crippen molar-refractivity contribution in [2.24, 2.45) is 11.7 Å². The lowest BCUT2D eigenvalue weighted by Gasteiger charge is -2.36. The number of hydrogen-bond donors (Lipinski definition) is 1. The van der Waals surface area contributed by atoms with E-state index in [1.807, 2.05) is 11.8 Å². The maximum atomic E-state index is 12.3. The van der Waals surface area contributed by atoms with E-state index >= 15 is 0 Å². The van der Waals surface area contributed by atoms with Gasteiger partial charge in [0.2, 0.25) is 5.91 Å². The molecule has 0 spiro atoms. The summed E-state index contributed by atoms with van der Waals surface area (Å²) < 4.78 is 0. The summed E-state index contributed by atoms with van der Waals surface area (Å²) in [7, 11) is 0. The van der Waals surface area contributed by atoms with Crippen molar-refractivity contribution in [3.05, 3.63) is 0 Å². The molecule has 1 fully saturated rings. The average molecular weight is 256 g/mol. The maximum Gasteiger partial charge on any atom is 0.225 e. The molecule has 98 valence electrons. The Morgan fingerprint density at radius 1 is 1.53 bits per heavy atom. The largest absolute Gasteiger partial charge is 0.392 e. The third-order valence-electron chi connectivity index (χ3n) is 3.53. The van der Waals surface area contributed by atoms with E-state index in [0.717, 1.165) is 45.1 Å². The molecule has 0 aromatic rings. The SMILES string of the molecule is CCCCC(C)C(=O)N1CCCCC1C(N)=S. The monoisotopic (exact) mass is 256 g/mol. The molecule has 1 saturated heterocycles. The number of thiocarbonyl (C=S) groups is 1. The van der Waals surface area contributed by atoms with Crippen molar-refractivity contribution in [1.29, 1.82) is 0 Å². The van der Waals surface area contributed by atoms with E-state index in [1.165, 1.54) is 0 Å². The first-order chi connectivity index (χ1) is 8.07. The van der Waals surface area contributed by atoms with E-state index in [2.05, 4.69) is 6.92 Å². The van der Waals surface area contributed by atoms with Crippen molar-refractivity contribution in [2.75, 3.05) is 6.54 Å². The normalized spacial score (nSPS) is 22.2. The van der Waals surface area contributed by atoms with Gasteiger partial charge in [-0.1, -0.05) is 38.9 Å². The predicted molar refractivity (Wildman–Crippen MR) is 74.8 cm³/mol. The van der Waals surface area contributed by atoms with E-state index in [1.54, 1.807) is 0 Å². The number of nitrogens with two attached hydrogens (primary N) is 1. The predicted octanol–water partition coefficient (Wildman–Crippen LogP) is 2.48. The molecule has 0 aromatic carbocycles. The Morgan fingerprint density at radius 2 is 2.24 bits per heavy atom. The lowest BCUT2D eigenvalue weighted by molar-refractivity contribution is -0.137. The Labute approximate surface area is 110 Å². The third-order valence-corrected chi connectivity index (χ3v) is 3.80. The van der Waals surface area contributed by atoms with Gasteiger partial charge in [0.05, 0.1) is 11.0 Å². The lowest BCUT2D eigenvalue weighted by atomic mass is 9.97. The highest BCUT2D eigenvalue weighted by Crippen LogP contribution is 2.21. The zero-order valence-corrected chi connectivity index (χ0v) is 11.8. The highest BCUT2D eigenvalue weighted by atomic mass is 32.1. The zero-order valence-electron chi connectivity index (χ0n) is 10.9. The van der Waals surface area contributed by atoms with Gasteiger partial charge in [0.25, 0.3) is 0 Å². The number of hydrogen-bond acceptors (Lipinski definition) is 2. The van der Waals surface area contributed by atoms with Crippen LogP contribution in [0.15, 0.2) is 0 Å². The molecule has 1 heterocycles. The molecule has 0 bridgehead atoms. The van der Waals surface area contributed by atoms with Crippen LogP contribution in [-0.2, 0) is 4.79 Å². The summed E-state index contributed by atoms with van der Waals surface area (Å²) in [5, 5.41) is 0. The van der Waals surface area contributed by atoms with Crippen molar-refractivity contribution in [3.63, 3.8) is 0 Å². The summed E-state index contributed by atoms with van der Waals surface area (Å²) in [6.45, 7) is 4.98. The van der Waals surface area contributed by atoms with Gasteiger partial charge in [-0.2, -0.15) is 0 Å². The summed E-state index contributed by atoms with van der Waals surface area (Å²) in [6.07, 6.45) is 6.34. The molecule has 1 aliphatic rings. The molecule has 0 aromatic heterocycles. The molecule has 2 atom stereocenters. The Kier molecular flexibility index (Phi) is 5.89. The van der Waals surface area contributed by atoms with Gasteiger partial charge >= 0.3 is 0 Å². The Hall–Kier alpha value is -0.640. The van der Waals surface area contributed by atoms with Gasteiger partial charge < -0.3 is 10.6 Å². The van der Waals surface area contributed by atoms with E-state index in [0.29, 0.717) is 4.99 Å². The standard InChI is InChI=1S/C13H24N2OS/c1-3-4-7-10(2)13(16)15-9-6-5-8-11(15)12(14)17/h10-11H,3-9H2,1-2H3,(H2,14,17). The van der Waals surface area contributed by atoms with Crippen molar-refractivity contribution in [2.45, 2.75) is 58.4 Å². The fraction of sp³-hybridized carbons (Fsp3) is 0.846. The van der Waals surface area contributed by atoms with Crippen LogP contribution in [0, 0.1) is 5.92 Å². The van der Waals surface area contributed by atoms with Gasteiger partial charge in [-0.25, -0.2) is 0 Å². The number of likely N-dealkylation sites (tertiary alicyclic amines) is 1. The second kappa shape index (κ2) is 6.94. The van der Waals surface area contributed by atoms with Crippen molar-refractivity contribution >= 4 is 23.1 Å². The molecule has 3 nitrogen and oxygen atoms in total. The Morgan fingerprint density at radius 3 is 2.82 bits per heavy atom. The fourth-order valence-electron chi connectivity index (χ4n) is 2.41. The molecule has 17 heavy (non-hydrogen) atoms. The second-order valence-electron chi connectivity index (χ2n) is 4.99. The molecule has 2 unspecified atom stereocenters. The smallest absolute Gasteiger partial charge is 0.225 e. The van der Waals surface area contributed by atoms with Crippen LogP contribution in [0.2, 0.25) is 0 Å². The third kappa shape index (κ3) is 3.95. The summed E-state index contributed by atoms with van der Waals surface area (Å²) in [4.78, 5) is 14.7. The summed E-state index contributed by atoms with van der Waals surface area (Å²) in [6, 6.07) is -0.00433. The van der Waals surface area contributed by atoms with Crippen LogP contribution >= 0.6 is 12.2 Å². The maximum absolute atomic E-state index is 12.3. The van der Waals surface area contributed by atoms with Crippen molar-refractivity contribution in [3.8, 4) is 0 Å². The minimum absolute atomic E-state index is 0.00433. The highest BCUT2D eigenvalue weighted by molar-refractivity contribution is 7.80. The Bertz CT molecular complexity index is 281. The number of rotatable bonds is 5. The van der Waals surface area contributed by atoms with E-state index in [4.69, 9.17) is 18.0 Å². The number of piperidine rings is 1. The van der Waals surface area contributed by atoms with Crippen LogP contribution in [0.3, 0.4) is 0 Å². The highest BCUT2D eigenvalue weighted by Gasteiger charge is 2.30. The number of nitrogens with zero attached hydrogens (tertiary/aromatic N) is 1. The van der Waals surface area contributed by atoms with Crippen LogP contribution in [0.4, 0.5) is 0 Å². The van der Waals surface area contributed by atoms with Crippen LogP contribution in [0.5, 0.6) is 0 Å². The van der Waals surface area contributed by atoms with Gasteiger partial charge in [-0.3, -0.25) is 4.79 Å².